The molecule has 22 heavy (non-hydrogen) atoms. The number of ether oxygens (including phenoxy) is 1. The molecule has 0 aromatic heterocycles. The Hall–Kier alpha value is -1.10. The molecule has 1 unspecified atom stereocenters. The summed E-state index contributed by atoms with van der Waals surface area (Å²) in [5.74, 6) is 0.524. The summed E-state index contributed by atoms with van der Waals surface area (Å²) in [6.07, 6.45) is -0.0886. The van der Waals surface area contributed by atoms with Crippen LogP contribution in [0.25, 0.3) is 0 Å². The van der Waals surface area contributed by atoms with Gasteiger partial charge in [-0.15, -0.1) is 12.4 Å². The van der Waals surface area contributed by atoms with Gasteiger partial charge in [-0.1, -0.05) is 38.1 Å². The standard InChI is InChI=1S/C17H26N2O2.ClH/c1-11(2)14-5-7-15(8-6-14)12(3)19-17(20)16-13(4)21-10-9-18-16;/h5-8,11-13,16,18H,9-10H2,1-4H3,(H,19,20);1H/t12?,13-,16+;/m1./s1. The van der Waals surface area contributed by atoms with Crippen LogP contribution in [0.3, 0.4) is 0 Å². The highest BCUT2D eigenvalue weighted by atomic mass is 35.5. The predicted molar refractivity (Wildman–Crippen MR) is 91.5 cm³/mol. The second-order valence-corrected chi connectivity index (χ2v) is 6.06. The Morgan fingerprint density at radius 3 is 2.36 bits per heavy atom. The molecular formula is C17H27ClN2O2. The third-order valence-corrected chi connectivity index (χ3v) is 4.06. The van der Waals surface area contributed by atoms with Crippen LogP contribution in [0.1, 0.15) is 50.8 Å². The van der Waals surface area contributed by atoms with E-state index < -0.39 is 0 Å². The highest BCUT2D eigenvalue weighted by molar-refractivity contribution is 5.85. The van der Waals surface area contributed by atoms with Crippen LogP contribution in [0.5, 0.6) is 0 Å². The quantitative estimate of drug-likeness (QED) is 0.894. The van der Waals surface area contributed by atoms with E-state index in [1.807, 2.05) is 13.8 Å². The molecule has 1 aliphatic heterocycles. The van der Waals surface area contributed by atoms with Crippen LogP contribution in [0.4, 0.5) is 0 Å². The highest BCUT2D eigenvalue weighted by Gasteiger charge is 2.29. The summed E-state index contributed by atoms with van der Waals surface area (Å²) in [5.41, 5.74) is 2.44. The summed E-state index contributed by atoms with van der Waals surface area (Å²) in [6, 6.07) is 8.18. The Bertz CT molecular complexity index is 476. The van der Waals surface area contributed by atoms with Gasteiger partial charge in [-0.25, -0.2) is 0 Å². The fourth-order valence-electron chi connectivity index (χ4n) is 2.58. The zero-order chi connectivity index (χ0) is 15.4. The molecule has 0 saturated carbocycles. The van der Waals surface area contributed by atoms with Crippen molar-refractivity contribution in [3.63, 3.8) is 0 Å². The van der Waals surface area contributed by atoms with Crippen molar-refractivity contribution in [3.8, 4) is 0 Å². The van der Waals surface area contributed by atoms with Gasteiger partial charge in [0.1, 0.15) is 6.04 Å². The molecule has 5 heteroatoms. The molecule has 2 N–H and O–H groups in total. The number of hydrogen-bond acceptors (Lipinski definition) is 3. The number of morpholine rings is 1. The van der Waals surface area contributed by atoms with Crippen LogP contribution in [-0.2, 0) is 9.53 Å². The van der Waals surface area contributed by atoms with E-state index >= 15 is 0 Å². The van der Waals surface area contributed by atoms with Crippen molar-refractivity contribution in [2.75, 3.05) is 13.2 Å². The summed E-state index contributed by atoms with van der Waals surface area (Å²) in [5, 5.41) is 6.28. The monoisotopic (exact) mass is 326 g/mol. The average Bonchev–Trinajstić information content (AvgIpc) is 2.47. The summed E-state index contributed by atoms with van der Waals surface area (Å²) in [4.78, 5) is 12.3. The van der Waals surface area contributed by atoms with Gasteiger partial charge >= 0.3 is 0 Å². The van der Waals surface area contributed by atoms with Gasteiger partial charge in [0.2, 0.25) is 5.91 Å². The first-order chi connectivity index (χ1) is 9.99. The molecule has 1 saturated heterocycles. The van der Waals surface area contributed by atoms with Crippen LogP contribution >= 0.6 is 12.4 Å². The van der Waals surface area contributed by atoms with E-state index in [2.05, 4.69) is 48.7 Å². The Morgan fingerprint density at radius 1 is 1.23 bits per heavy atom. The van der Waals surface area contributed by atoms with E-state index in [1.54, 1.807) is 0 Å². The van der Waals surface area contributed by atoms with E-state index in [-0.39, 0.29) is 36.5 Å². The minimum Gasteiger partial charge on any atom is -0.375 e. The molecule has 0 spiro atoms. The number of carbonyl (C=O) groups excluding carboxylic acids is 1. The number of carbonyl (C=O) groups is 1. The van der Waals surface area contributed by atoms with Crippen molar-refractivity contribution in [1.82, 2.24) is 10.6 Å². The molecule has 1 fully saturated rings. The number of rotatable bonds is 4. The molecule has 0 radical (unpaired) electrons. The molecule has 1 aromatic rings. The van der Waals surface area contributed by atoms with Crippen LogP contribution in [-0.4, -0.2) is 31.2 Å². The lowest BCUT2D eigenvalue weighted by Gasteiger charge is -2.30. The lowest BCUT2D eigenvalue weighted by Crippen LogP contribution is -2.55. The summed E-state index contributed by atoms with van der Waals surface area (Å²) < 4.78 is 5.52. The molecule has 0 bridgehead atoms. The van der Waals surface area contributed by atoms with Crippen LogP contribution in [0, 0.1) is 0 Å². The predicted octanol–water partition coefficient (Wildman–Crippen LogP) is 2.79. The van der Waals surface area contributed by atoms with Gasteiger partial charge in [-0.2, -0.15) is 0 Å². The molecule has 0 aliphatic carbocycles. The van der Waals surface area contributed by atoms with E-state index in [4.69, 9.17) is 4.74 Å². The second-order valence-electron chi connectivity index (χ2n) is 6.06. The van der Waals surface area contributed by atoms with Gasteiger partial charge < -0.3 is 15.4 Å². The zero-order valence-electron chi connectivity index (χ0n) is 13.8. The van der Waals surface area contributed by atoms with E-state index in [1.165, 1.54) is 5.56 Å². The molecule has 124 valence electrons. The maximum atomic E-state index is 12.3. The first-order valence-electron chi connectivity index (χ1n) is 7.74. The number of hydrogen-bond donors (Lipinski definition) is 2. The second kappa shape index (κ2) is 8.51. The maximum absolute atomic E-state index is 12.3. The Kier molecular flexibility index (Phi) is 7.33. The van der Waals surface area contributed by atoms with Crippen molar-refractivity contribution in [2.24, 2.45) is 0 Å². The lowest BCUT2D eigenvalue weighted by molar-refractivity contribution is -0.129. The SMILES string of the molecule is CC(C)c1ccc(C(C)NC(=O)[C@H]2NCCO[C@@H]2C)cc1.Cl. The normalized spacial score (nSPS) is 22.8. The van der Waals surface area contributed by atoms with Crippen molar-refractivity contribution >= 4 is 18.3 Å². The number of benzene rings is 1. The fourth-order valence-corrected chi connectivity index (χ4v) is 2.58. The molecular weight excluding hydrogens is 300 g/mol. The average molecular weight is 327 g/mol. The van der Waals surface area contributed by atoms with Gasteiger partial charge in [0, 0.05) is 6.54 Å². The molecule has 3 atom stereocenters. The molecule has 1 amide bonds. The number of amides is 1. The maximum Gasteiger partial charge on any atom is 0.240 e. The molecule has 2 rings (SSSR count). The summed E-state index contributed by atoms with van der Waals surface area (Å²) in [7, 11) is 0. The lowest BCUT2D eigenvalue weighted by atomic mass is 9.99. The molecule has 1 aromatic carbocycles. The molecule has 1 heterocycles. The number of halogens is 1. The van der Waals surface area contributed by atoms with E-state index in [0.29, 0.717) is 12.5 Å². The van der Waals surface area contributed by atoms with Crippen molar-refractivity contribution in [2.45, 2.75) is 51.8 Å². The topological polar surface area (TPSA) is 50.4 Å². The van der Waals surface area contributed by atoms with Crippen molar-refractivity contribution < 1.29 is 9.53 Å². The van der Waals surface area contributed by atoms with Gasteiger partial charge in [0.05, 0.1) is 18.8 Å². The van der Waals surface area contributed by atoms with Gasteiger partial charge in [-0.3, -0.25) is 4.79 Å². The molecule has 4 nitrogen and oxygen atoms in total. The van der Waals surface area contributed by atoms with Crippen LogP contribution in [0.2, 0.25) is 0 Å². The number of nitrogens with one attached hydrogen (secondary N) is 2. The van der Waals surface area contributed by atoms with Crippen molar-refractivity contribution in [3.05, 3.63) is 35.4 Å². The van der Waals surface area contributed by atoms with Gasteiger partial charge in [0.25, 0.3) is 0 Å². The zero-order valence-corrected chi connectivity index (χ0v) is 14.6. The molecule has 1 aliphatic rings. The van der Waals surface area contributed by atoms with Gasteiger partial charge in [0.15, 0.2) is 0 Å². The van der Waals surface area contributed by atoms with Gasteiger partial charge in [-0.05, 0) is 30.9 Å². The Balaban J connectivity index is 0.00000242. The van der Waals surface area contributed by atoms with Crippen LogP contribution < -0.4 is 10.6 Å². The van der Waals surface area contributed by atoms with E-state index in [9.17, 15) is 4.79 Å². The van der Waals surface area contributed by atoms with Crippen LogP contribution in [0.15, 0.2) is 24.3 Å². The minimum atomic E-state index is -0.267. The largest absolute Gasteiger partial charge is 0.375 e. The smallest absolute Gasteiger partial charge is 0.240 e. The fraction of sp³-hybridized carbons (Fsp3) is 0.588. The highest BCUT2D eigenvalue weighted by Crippen LogP contribution is 2.19. The summed E-state index contributed by atoms with van der Waals surface area (Å²) in [6.45, 7) is 9.68. The van der Waals surface area contributed by atoms with E-state index in [0.717, 1.165) is 12.1 Å². The first kappa shape index (κ1) is 18.9. The van der Waals surface area contributed by atoms with Crippen molar-refractivity contribution in [1.29, 1.82) is 0 Å². The Morgan fingerprint density at radius 2 is 1.82 bits per heavy atom. The third kappa shape index (κ3) is 4.70. The minimum absolute atomic E-state index is 0. The Labute approximate surface area is 139 Å². The third-order valence-electron chi connectivity index (χ3n) is 4.06. The summed E-state index contributed by atoms with van der Waals surface area (Å²) >= 11 is 0. The first-order valence-corrected chi connectivity index (χ1v) is 7.74.